The molecule has 0 bridgehead atoms. The summed E-state index contributed by atoms with van der Waals surface area (Å²) in [6, 6.07) is 0. The number of nitrogens with zero attached hydrogens (tertiary/aromatic N) is 1. The molecule has 4 nitrogen and oxygen atoms in total. The maximum absolute atomic E-state index is 5.74. The quantitative estimate of drug-likeness (QED) is 0.772. The third-order valence-corrected chi connectivity index (χ3v) is 3.28. The van der Waals surface area contributed by atoms with Crippen molar-refractivity contribution in [3.8, 4) is 0 Å². The summed E-state index contributed by atoms with van der Waals surface area (Å²) in [7, 11) is 0. The highest BCUT2D eigenvalue weighted by Gasteiger charge is 2.14. The summed E-state index contributed by atoms with van der Waals surface area (Å²) >= 11 is 0. The van der Waals surface area contributed by atoms with Crippen LogP contribution in [0.4, 0.5) is 0 Å². The largest absolute Gasteiger partial charge is 0.353 e. The van der Waals surface area contributed by atoms with Gasteiger partial charge in [-0.25, -0.2) is 0 Å². The van der Waals surface area contributed by atoms with E-state index in [2.05, 4.69) is 10.2 Å². The molecular weight excluding hydrogens is 204 g/mol. The normalized spacial score (nSPS) is 28.9. The van der Waals surface area contributed by atoms with E-state index in [1.807, 2.05) is 0 Å². The number of nitrogens with one attached hydrogen (secondary N) is 1. The first-order valence-corrected chi connectivity index (χ1v) is 6.61. The molecule has 1 atom stereocenters. The maximum atomic E-state index is 5.74. The van der Waals surface area contributed by atoms with Gasteiger partial charge in [-0.15, -0.1) is 0 Å². The van der Waals surface area contributed by atoms with Crippen molar-refractivity contribution in [1.82, 2.24) is 10.2 Å². The average Bonchev–Trinajstić information content (AvgIpc) is 2.59. The zero-order valence-electron chi connectivity index (χ0n) is 10.1. The van der Waals surface area contributed by atoms with E-state index in [1.165, 1.54) is 25.8 Å². The summed E-state index contributed by atoms with van der Waals surface area (Å²) in [5, 5.41) is 3.41. The minimum atomic E-state index is 0.0684. The Morgan fingerprint density at radius 3 is 3.06 bits per heavy atom. The van der Waals surface area contributed by atoms with Gasteiger partial charge in [-0.3, -0.25) is 4.90 Å². The topological polar surface area (TPSA) is 33.7 Å². The molecule has 1 unspecified atom stereocenters. The molecule has 2 aliphatic rings. The fraction of sp³-hybridized carbons (Fsp3) is 1.00. The van der Waals surface area contributed by atoms with Crippen molar-refractivity contribution in [3.05, 3.63) is 0 Å². The number of hydrogen-bond donors (Lipinski definition) is 1. The molecule has 1 N–H and O–H groups in total. The molecule has 4 heteroatoms. The van der Waals surface area contributed by atoms with Crippen molar-refractivity contribution in [1.29, 1.82) is 0 Å². The summed E-state index contributed by atoms with van der Waals surface area (Å²) in [4.78, 5) is 2.48. The van der Waals surface area contributed by atoms with E-state index >= 15 is 0 Å². The van der Waals surface area contributed by atoms with Crippen molar-refractivity contribution in [2.75, 3.05) is 45.9 Å². The Bertz CT molecular complexity index is 176. The summed E-state index contributed by atoms with van der Waals surface area (Å²) in [6.07, 6.45) is 4.83. The summed E-state index contributed by atoms with van der Waals surface area (Å²) in [5.41, 5.74) is 0. The zero-order valence-corrected chi connectivity index (χ0v) is 10.1. The fourth-order valence-corrected chi connectivity index (χ4v) is 2.28. The van der Waals surface area contributed by atoms with Crippen LogP contribution in [0, 0.1) is 0 Å². The van der Waals surface area contributed by atoms with Gasteiger partial charge in [0, 0.05) is 26.2 Å². The Morgan fingerprint density at radius 2 is 2.19 bits per heavy atom. The molecule has 0 saturated carbocycles. The molecule has 0 radical (unpaired) electrons. The van der Waals surface area contributed by atoms with E-state index < -0.39 is 0 Å². The van der Waals surface area contributed by atoms with Crippen molar-refractivity contribution in [2.45, 2.75) is 32.0 Å². The molecule has 2 aliphatic heterocycles. The highest BCUT2D eigenvalue weighted by Crippen LogP contribution is 2.13. The molecule has 16 heavy (non-hydrogen) atoms. The smallest absolute Gasteiger partial charge is 0.157 e. The summed E-state index contributed by atoms with van der Waals surface area (Å²) in [5.74, 6) is 0. The van der Waals surface area contributed by atoms with E-state index in [0.29, 0.717) is 0 Å². The van der Waals surface area contributed by atoms with Gasteiger partial charge < -0.3 is 14.8 Å². The lowest BCUT2D eigenvalue weighted by molar-refractivity contribution is -0.164. The van der Waals surface area contributed by atoms with Gasteiger partial charge in [0.25, 0.3) is 0 Å². The lowest BCUT2D eigenvalue weighted by Gasteiger charge is -2.25. The van der Waals surface area contributed by atoms with Crippen LogP contribution in [0.1, 0.15) is 25.7 Å². The third-order valence-electron chi connectivity index (χ3n) is 3.28. The van der Waals surface area contributed by atoms with Crippen LogP contribution in [0.25, 0.3) is 0 Å². The van der Waals surface area contributed by atoms with Gasteiger partial charge >= 0.3 is 0 Å². The zero-order chi connectivity index (χ0) is 11.1. The highest BCUT2D eigenvalue weighted by molar-refractivity contribution is 4.65. The van der Waals surface area contributed by atoms with Crippen LogP contribution in [0.2, 0.25) is 0 Å². The van der Waals surface area contributed by atoms with Gasteiger partial charge in [0.2, 0.25) is 0 Å². The molecule has 2 saturated heterocycles. The van der Waals surface area contributed by atoms with E-state index in [-0.39, 0.29) is 6.29 Å². The minimum Gasteiger partial charge on any atom is -0.353 e. The molecule has 0 aromatic carbocycles. The first kappa shape index (κ1) is 12.3. The first-order chi connectivity index (χ1) is 7.95. The van der Waals surface area contributed by atoms with Crippen molar-refractivity contribution < 1.29 is 9.47 Å². The summed E-state index contributed by atoms with van der Waals surface area (Å²) < 4.78 is 11.3. The second-order valence-electron chi connectivity index (χ2n) is 4.61. The highest BCUT2D eigenvalue weighted by atomic mass is 16.7. The Hall–Kier alpha value is -0.160. The number of ether oxygens (including phenoxy) is 2. The molecule has 2 rings (SSSR count). The first-order valence-electron chi connectivity index (χ1n) is 6.61. The Balaban J connectivity index is 1.55. The van der Waals surface area contributed by atoms with E-state index in [1.54, 1.807) is 0 Å². The van der Waals surface area contributed by atoms with Gasteiger partial charge in [0.15, 0.2) is 6.29 Å². The van der Waals surface area contributed by atoms with Crippen LogP contribution in [0.3, 0.4) is 0 Å². The van der Waals surface area contributed by atoms with Crippen LogP contribution >= 0.6 is 0 Å². The molecule has 0 aromatic rings. The van der Waals surface area contributed by atoms with Gasteiger partial charge in [-0.05, 0) is 38.8 Å². The average molecular weight is 228 g/mol. The van der Waals surface area contributed by atoms with E-state index in [9.17, 15) is 0 Å². The van der Waals surface area contributed by atoms with Gasteiger partial charge in [-0.2, -0.15) is 0 Å². The fourth-order valence-electron chi connectivity index (χ4n) is 2.28. The predicted octanol–water partition coefficient (Wildman–Crippen LogP) is 0.825. The molecule has 94 valence electrons. The Morgan fingerprint density at radius 1 is 1.19 bits per heavy atom. The van der Waals surface area contributed by atoms with Crippen molar-refractivity contribution in [2.24, 2.45) is 0 Å². The third kappa shape index (κ3) is 4.37. The molecule has 0 aromatic heterocycles. The van der Waals surface area contributed by atoms with Crippen molar-refractivity contribution >= 4 is 0 Å². The van der Waals surface area contributed by atoms with E-state index in [0.717, 1.165) is 45.8 Å². The monoisotopic (exact) mass is 228 g/mol. The van der Waals surface area contributed by atoms with Crippen LogP contribution < -0.4 is 5.32 Å². The molecule has 0 amide bonds. The standard InChI is InChI=1S/C12H24N2O2/c1-2-10-15-12(4-1)16-11-9-14-7-3-5-13-6-8-14/h12-13H,1-11H2. The minimum absolute atomic E-state index is 0.0684. The van der Waals surface area contributed by atoms with Gasteiger partial charge in [0.05, 0.1) is 6.61 Å². The molecule has 2 fully saturated rings. The molecule has 0 spiro atoms. The molecule has 2 heterocycles. The number of rotatable bonds is 4. The summed E-state index contributed by atoms with van der Waals surface area (Å²) in [6.45, 7) is 7.34. The van der Waals surface area contributed by atoms with Crippen LogP contribution in [0.5, 0.6) is 0 Å². The second-order valence-corrected chi connectivity index (χ2v) is 4.61. The Kier molecular flexibility index (Phi) is 5.55. The van der Waals surface area contributed by atoms with E-state index in [4.69, 9.17) is 9.47 Å². The van der Waals surface area contributed by atoms with Crippen LogP contribution in [0.15, 0.2) is 0 Å². The lowest BCUT2D eigenvalue weighted by Crippen LogP contribution is -2.33. The SMILES string of the molecule is C1CCC(OCCN2CCCNCC2)OC1. The molecule has 0 aliphatic carbocycles. The number of hydrogen-bond acceptors (Lipinski definition) is 4. The van der Waals surface area contributed by atoms with Crippen molar-refractivity contribution in [3.63, 3.8) is 0 Å². The predicted molar refractivity (Wildman–Crippen MR) is 63.5 cm³/mol. The Labute approximate surface area is 98.3 Å². The second kappa shape index (κ2) is 7.22. The van der Waals surface area contributed by atoms with Crippen LogP contribution in [-0.4, -0.2) is 57.1 Å². The van der Waals surface area contributed by atoms with Gasteiger partial charge in [-0.1, -0.05) is 0 Å². The van der Waals surface area contributed by atoms with Crippen LogP contribution in [-0.2, 0) is 9.47 Å². The lowest BCUT2D eigenvalue weighted by atomic mass is 10.2. The maximum Gasteiger partial charge on any atom is 0.157 e. The molecular formula is C12H24N2O2. The van der Waals surface area contributed by atoms with Gasteiger partial charge in [0.1, 0.15) is 0 Å².